The van der Waals surface area contributed by atoms with Crippen molar-refractivity contribution in [3.8, 4) is 0 Å². The summed E-state index contributed by atoms with van der Waals surface area (Å²) in [5.74, 6) is -0.513. The number of ether oxygens (including phenoxy) is 2. The van der Waals surface area contributed by atoms with Gasteiger partial charge >= 0.3 is 11.7 Å². The summed E-state index contributed by atoms with van der Waals surface area (Å²) in [6.45, 7) is 10.9. The minimum absolute atomic E-state index is 0.00709. The van der Waals surface area contributed by atoms with Gasteiger partial charge < -0.3 is 29.8 Å². The first-order valence-corrected chi connectivity index (χ1v) is 12.1. The fourth-order valence-electron chi connectivity index (χ4n) is 3.51. The van der Waals surface area contributed by atoms with Gasteiger partial charge in [0.15, 0.2) is 0 Å². The zero-order valence-corrected chi connectivity index (χ0v) is 22.0. The van der Waals surface area contributed by atoms with Gasteiger partial charge in [0.2, 0.25) is 5.91 Å². The highest BCUT2D eigenvalue weighted by molar-refractivity contribution is 5.98. The molecule has 10 heteroatoms. The zero-order valence-electron chi connectivity index (χ0n) is 22.0. The van der Waals surface area contributed by atoms with Crippen LogP contribution in [0.1, 0.15) is 45.7 Å². The maximum atomic E-state index is 13.2. The molecule has 0 saturated heterocycles. The lowest BCUT2D eigenvalue weighted by molar-refractivity contribution is -0.119. The molecule has 0 bridgehead atoms. The molecule has 0 radical (unpaired) electrons. The summed E-state index contributed by atoms with van der Waals surface area (Å²) < 4.78 is 16.3. The Morgan fingerprint density at radius 2 is 1.81 bits per heavy atom. The van der Waals surface area contributed by atoms with Crippen molar-refractivity contribution in [2.75, 3.05) is 17.2 Å². The van der Waals surface area contributed by atoms with Crippen LogP contribution in [-0.2, 0) is 20.9 Å². The number of hydrogen-bond acceptors (Lipinski definition) is 8. The summed E-state index contributed by atoms with van der Waals surface area (Å²) in [4.78, 5) is 42.5. The molecule has 198 valence electrons. The van der Waals surface area contributed by atoms with Gasteiger partial charge in [0.25, 0.3) is 6.01 Å². The van der Waals surface area contributed by atoms with Crippen molar-refractivity contribution in [3.05, 3.63) is 64.0 Å². The Balaban J connectivity index is 1.81. The molecule has 0 fully saturated rings. The van der Waals surface area contributed by atoms with Gasteiger partial charge in [-0.15, -0.1) is 0 Å². The van der Waals surface area contributed by atoms with Crippen molar-refractivity contribution in [2.24, 2.45) is 0 Å². The quantitative estimate of drug-likeness (QED) is 0.387. The lowest BCUT2D eigenvalue weighted by atomic mass is 10.1. The predicted molar refractivity (Wildman–Crippen MR) is 142 cm³/mol. The van der Waals surface area contributed by atoms with E-state index < -0.39 is 29.3 Å². The molecule has 10 nitrogen and oxygen atoms in total. The van der Waals surface area contributed by atoms with Crippen LogP contribution in [0.5, 0.6) is 0 Å². The van der Waals surface area contributed by atoms with Crippen LogP contribution in [0.2, 0.25) is 0 Å². The highest BCUT2D eigenvalue weighted by atomic mass is 16.6. The molecule has 0 aliphatic rings. The van der Waals surface area contributed by atoms with Gasteiger partial charge in [0.1, 0.15) is 11.6 Å². The molecule has 1 heterocycles. The number of carbonyl (C=O) groups excluding carboxylic acids is 2. The Kier molecular flexibility index (Phi) is 8.88. The Morgan fingerprint density at radius 1 is 1.11 bits per heavy atom. The van der Waals surface area contributed by atoms with E-state index in [0.29, 0.717) is 22.2 Å². The van der Waals surface area contributed by atoms with E-state index in [1.54, 1.807) is 39.8 Å². The third kappa shape index (κ3) is 8.32. The SMILES string of the molecule is Cc1cc(NC(=O)[C@H](COCc2ccccc2)NC(=O)OC(C)(C)C)cc2nc(NC(C)C)oc(=O)c12. The highest BCUT2D eigenvalue weighted by Crippen LogP contribution is 2.21. The minimum atomic E-state index is -1.04. The van der Waals surface area contributed by atoms with E-state index in [2.05, 4.69) is 20.9 Å². The van der Waals surface area contributed by atoms with Gasteiger partial charge in [-0.1, -0.05) is 30.3 Å². The van der Waals surface area contributed by atoms with Crippen molar-refractivity contribution >= 4 is 34.6 Å². The molecule has 37 heavy (non-hydrogen) atoms. The molecule has 1 atom stereocenters. The van der Waals surface area contributed by atoms with Gasteiger partial charge in [0, 0.05) is 11.7 Å². The number of alkyl carbamates (subject to hydrolysis) is 1. The van der Waals surface area contributed by atoms with E-state index in [4.69, 9.17) is 13.9 Å². The average Bonchev–Trinajstić information content (AvgIpc) is 2.76. The molecule has 3 rings (SSSR count). The molecule has 3 aromatic rings. The number of amides is 2. The maximum Gasteiger partial charge on any atom is 0.408 e. The smallest absolute Gasteiger partial charge is 0.408 e. The minimum Gasteiger partial charge on any atom is -0.444 e. The van der Waals surface area contributed by atoms with Crippen molar-refractivity contribution < 1.29 is 23.5 Å². The van der Waals surface area contributed by atoms with Gasteiger partial charge in [-0.05, 0) is 64.8 Å². The summed E-state index contributed by atoms with van der Waals surface area (Å²) in [7, 11) is 0. The van der Waals surface area contributed by atoms with Crippen LogP contribution in [0.3, 0.4) is 0 Å². The first-order chi connectivity index (χ1) is 17.4. The summed E-state index contributed by atoms with van der Waals surface area (Å²) in [6.07, 6.45) is -0.741. The van der Waals surface area contributed by atoms with Crippen LogP contribution in [0.15, 0.2) is 51.7 Å². The largest absolute Gasteiger partial charge is 0.444 e. The molecular formula is C27H34N4O6. The number of hydrogen-bond donors (Lipinski definition) is 3. The standard InChI is InChI=1S/C27H34N4O6/c1-16(2)28-25-30-20-13-19(12-17(3)22(20)24(33)36-25)29-23(32)21(31-26(34)37-27(4,5)6)15-35-14-18-10-8-7-9-11-18/h7-13,16,21H,14-15H2,1-6H3,(H,28,30)(H,29,32)(H,31,34)/t21-/m0/s1. The molecule has 3 N–H and O–H groups in total. The molecule has 0 unspecified atom stereocenters. The number of nitrogens with zero attached hydrogens (tertiary/aromatic N) is 1. The van der Waals surface area contributed by atoms with E-state index in [0.717, 1.165) is 5.56 Å². The van der Waals surface area contributed by atoms with Gasteiger partial charge in [-0.3, -0.25) is 4.79 Å². The Bertz CT molecular complexity index is 1300. The number of carbonyl (C=O) groups is 2. The summed E-state index contributed by atoms with van der Waals surface area (Å²) in [6, 6.07) is 11.8. The van der Waals surface area contributed by atoms with E-state index in [1.165, 1.54) is 0 Å². The predicted octanol–water partition coefficient (Wildman–Crippen LogP) is 4.37. The van der Waals surface area contributed by atoms with Gasteiger partial charge in [-0.2, -0.15) is 4.98 Å². The van der Waals surface area contributed by atoms with Crippen molar-refractivity contribution in [1.82, 2.24) is 10.3 Å². The second-order valence-electron chi connectivity index (χ2n) is 9.98. The summed E-state index contributed by atoms with van der Waals surface area (Å²) in [5.41, 5.74) is 1.03. The second kappa shape index (κ2) is 11.9. The first-order valence-electron chi connectivity index (χ1n) is 12.1. The lowest BCUT2D eigenvalue weighted by Crippen LogP contribution is -2.48. The molecule has 2 amide bonds. The van der Waals surface area contributed by atoms with Gasteiger partial charge in [0.05, 0.1) is 24.1 Å². The Morgan fingerprint density at radius 3 is 2.46 bits per heavy atom. The number of aromatic nitrogens is 1. The van der Waals surface area contributed by atoms with Crippen LogP contribution < -0.4 is 21.6 Å². The van der Waals surface area contributed by atoms with Crippen LogP contribution >= 0.6 is 0 Å². The van der Waals surface area contributed by atoms with E-state index in [1.807, 2.05) is 44.2 Å². The topological polar surface area (TPSA) is 132 Å². The molecule has 2 aromatic carbocycles. The Labute approximate surface area is 215 Å². The molecule has 1 aromatic heterocycles. The number of nitrogens with one attached hydrogen (secondary N) is 3. The fourth-order valence-corrected chi connectivity index (χ4v) is 3.51. The van der Waals surface area contributed by atoms with Crippen LogP contribution in [0, 0.1) is 6.92 Å². The maximum absolute atomic E-state index is 13.2. The summed E-state index contributed by atoms with van der Waals surface area (Å²) >= 11 is 0. The molecule has 0 saturated carbocycles. The molecular weight excluding hydrogens is 476 g/mol. The zero-order chi connectivity index (χ0) is 27.2. The highest BCUT2D eigenvalue weighted by Gasteiger charge is 2.25. The monoisotopic (exact) mass is 510 g/mol. The number of rotatable bonds is 9. The van der Waals surface area contributed by atoms with Crippen molar-refractivity contribution in [2.45, 2.75) is 65.8 Å². The van der Waals surface area contributed by atoms with Crippen LogP contribution in [0.25, 0.3) is 10.9 Å². The number of fused-ring (bicyclic) bond motifs is 1. The molecule has 0 spiro atoms. The molecule has 0 aliphatic carbocycles. The van der Waals surface area contributed by atoms with E-state index in [-0.39, 0.29) is 25.3 Å². The number of aryl methyl sites for hydroxylation is 1. The van der Waals surface area contributed by atoms with E-state index >= 15 is 0 Å². The fraction of sp³-hybridized carbons (Fsp3) is 0.407. The van der Waals surface area contributed by atoms with Crippen molar-refractivity contribution in [3.63, 3.8) is 0 Å². The second-order valence-corrected chi connectivity index (χ2v) is 9.98. The molecule has 0 aliphatic heterocycles. The van der Waals surface area contributed by atoms with Crippen molar-refractivity contribution in [1.29, 1.82) is 0 Å². The average molecular weight is 511 g/mol. The normalized spacial score (nSPS) is 12.3. The number of anilines is 2. The third-order valence-corrected chi connectivity index (χ3v) is 5.01. The lowest BCUT2D eigenvalue weighted by Gasteiger charge is -2.23. The summed E-state index contributed by atoms with van der Waals surface area (Å²) in [5, 5.41) is 8.66. The van der Waals surface area contributed by atoms with Crippen LogP contribution in [0.4, 0.5) is 16.5 Å². The first kappa shape index (κ1) is 27.7. The van der Waals surface area contributed by atoms with Gasteiger partial charge in [-0.25, -0.2) is 9.59 Å². The van der Waals surface area contributed by atoms with E-state index in [9.17, 15) is 14.4 Å². The van der Waals surface area contributed by atoms with Crippen LogP contribution in [-0.4, -0.2) is 41.3 Å². The third-order valence-electron chi connectivity index (χ3n) is 5.01. The Hall–Kier alpha value is -3.92. The number of benzene rings is 2.